The standard InChI is InChI=1S/C19H30N4O4.HI/c1-5-27-17-12-14(6-7-16(17)25-3)13-21-18(20-2)22-15-8-10-23(11-9-15)19(24)26-4;/h6-7,12,15H,5,8-11,13H2,1-4H3,(H2,20,21,22);1H. The molecule has 9 heteroatoms. The first-order valence-corrected chi connectivity index (χ1v) is 9.21. The molecule has 1 amide bonds. The van der Waals surface area contributed by atoms with Gasteiger partial charge in [-0.15, -0.1) is 24.0 Å². The quantitative estimate of drug-likeness (QED) is 0.351. The number of nitrogens with one attached hydrogen (secondary N) is 2. The first-order chi connectivity index (χ1) is 13.1. The zero-order valence-corrected chi connectivity index (χ0v) is 19.3. The molecule has 1 aromatic rings. The lowest BCUT2D eigenvalue weighted by molar-refractivity contribution is 0.111. The van der Waals surface area contributed by atoms with Crippen LogP contribution in [0.5, 0.6) is 11.5 Å². The van der Waals surface area contributed by atoms with Crippen molar-refractivity contribution in [2.24, 2.45) is 4.99 Å². The Hall–Kier alpha value is -1.91. The molecule has 2 N–H and O–H groups in total. The van der Waals surface area contributed by atoms with Crippen molar-refractivity contribution in [3.05, 3.63) is 23.8 Å². The highest BCUT2D eigenvalue weighted by molar-refractivity contribution is 14.0. The summed E-state index contributed by atoms with van der Waals surface area (Å²) in [6.07, 6.45) is 1.44. The van der Waals surface area contributed by atoms with Gasteiger partial charge in [-0.2, -0.15) is 0 Å². The van der Waals surface area contributed by atoms with Gasteiger partial charge in [-0.1, -0.05) is 6.07 Å². The number of aliphatic imine (C=N–C) groups is 1. The van der Waals surface area contributed by atoms with E-state index in [1.165, 1.54) is 7.11 Å². The molecule has 0 bridgehead atoms. The molecule has 0 saturated carbocycles. The fraction of sp³-hybridized carbons (Fsp3) is 0.579. The van der Waals surface area contributed by atoms with Gasteiger partial charge in [0.2, 0.25) is 0 Å². The van der Waals surface area contributed by atoms with E-state index in [-0.39, 0.29) is 36.1 Å². The third kappa shape index (κ3) is 6.92. The van der Waals surface area contributed by atoms with Crippen LogP contribution in [-0.2, 0) is 11.3 Å². The molecule has 0 aliphatic carbocycles. The van der Waals surface area contributed by atoms with Crippen LogP contribution in [0.3, 0.4) is 0 Å². The summed E-state index contributed by atoms with van der Waals surface area (Å²) in [5.41, 5.74) is 1.07. The van der Waals surface area contributed by atoms with Crippen LogP contribution in [-0.4, -0.2) is 64.0 Å². The molecule has 1 saturated heterocycles. The van der Waals surface area contributed by atoms with Crippen molar-refractivity contribution in [1.82, 2.24) is 15.5 Å². The monoisotopic (exact) mass is 506 g/mol. The van der Waals surface area contributed by atoms with Crippen molar-refractivity contribution in [3.8, 4) is 11.5 Å². The van der Waals surface area contributed by atoms with Crippen LogP contribution in [0.4, 0.5) is 4.79 Å². The molecular weight excluding hydrogens is 475 g/mol. The van der Waals surface area contributed by atoms with Crippen LogP contribution in [0, 0.1) is 0 Å². The van der Waals surface area contributed by atoms with Crippen LogP contribution in [0.25, 0.3) is 0 Å². The molecule has 1 fully saturated rings. The minimum atomic E-state index is -0.263. The van der Waals surface area contributed by atoms with Gasteiger partial charge >= 0.3 is 6.09 Å². The smallest absolute Gasteiger partial charge is 0.409 e. The highest BCUT2D eigenvalue weighted by Gasteiger charge is 2.23. The van der Waals surface area contributed by atoms with Gasteiger partial charge in [-0.05, 0) is 37.5 Å². The topological polar surface area (TPSA) is 84.4 Å². The number of ether oxygens (including phenoxy) is 3. The number of benzene rings is 1. The van der Waals surface area contributed by atoms with Gasteiger partial charge in [-0.3, -0.25) is 4.99 Å². The minimum absolute atomic E-state index is 0. The van der Waals surface area contributed by atoms with Crippen LogP contribution >= 0.6 is 24.0 Å². The van der Waals surface area contributed by atoms with Crippen LogP contribution in [0.1, 0.15) is 25.3 Å². The predicted octanol–water partition coefficient (Wildman–Crippen LogP) is 2.61. The van der Waals surface area contributed by atoms with Crippen LogP contribution in [0.2, 0.25) is 0 Å². The largest absolute Gasteiger partial charge is 0.493 e. The molecule has 1 heterocycles. The zero-order valence-electron chi connectivity index (χ0n) is 17.0. The summed E-state index contributed by atoms with van der Waals surface area (Å²) in [7, 11) is 4.79. The number of hydrogen-bond acceptors (Lipinski definition) is 5. The van der Waals surface area contributed by atoms with Crippen molar-refractivity contribution in [2.45, 2.75) is 32.4 Å². The average Bonchev–Trinajstić information content (AvgIpc) is 2.71. The minimum Gasteiger partial charge on any atom is -0.493 e. The molecule has 0 radical (unpaired) electrons. The molecule has 0 atom stereocenters. The molecule has 158 valence electrons. The number of nitrogens with zero attached hydrogens (tertiary/aromatic N) is 2. The highest BCUT2D eigenvalue weighted by Crippen LogP contribution is 2.27. The third-order valence-electron chi connectivity index (χ3n) is 4.48. The Kier molecular flexibility index (Phi) is 10.8. The number of halogens is 1. The van der Waals surface area contributed by atoms with E-state index in [1.807, 2.05) is 25.1 Å². The van der Waals surface area contributed by atoms with Crippen LogP contribution < -0.4 is 20.1 Å². The summed E-state index contributed by atoms with van der Waals surface area (Å²) >= 11 is 0. The number of methoxy groups -OCH3 is 2. The van der Waals surface area contributed by atoms with Crippen molar-refractivity contribution >= 4 is 36.0 Å². The first kappa shape index (κ1) is 24.1. The number of hydrogen-bond donors (Lipinski definition) is 2. The molecule has 0 spiro atoms. The Labute approximate surface area is 184 Å². The van der Waals surface area contributed by atoms with Gasteiger partial charge in [0, 0.05) is 32.7 Å². The molecule has 0 unspecified atom stereocenters. The SMILES string of the molecule is CCOc1cc(CNC(=NC)NC2CCN(C(=O)OC)CC2)ccc1OC.I. The molecule has 2 rings (SSSR count). The summed E-state index contributed by atoms with van der Waals surface area (Å²) in [4.78, 5) is 17.6. The van der Waals surface area contributed by atoms with Crippen LogP contribution in [0.15, 0.2) is 23.2 Å². The van der Waals surface area contributed by atoms with E-state index < -0.39 is 0 Å². The van der Waals surface area contributed by atoms with Crippen molar-refractivity contribution in [3.63, 3.8) is 0 Å². The lowest BCUT2D eigenvalue weighted by Crippen LogP contribution is -2.49. The van der Waals surface area contributed by atoms with Gasteiger partial charge in [0.05, 0.1) is 20.8 Å². The molecule has 8 nitrogen and oxygen atoms in total. The van der Waals surface area contributed by atoms with E-state index in [0.717, 1.165) is 35.9 Å². The fourth-order valence-corrected chi connectivity index (χ4v) is 3.01. The van der Waals surface area contributed by atoms with E-state index in [9.17, 15) is 4.79 Å². The number of carbonyl (C=O) groups excluding carboxylic acids is 1. The Morgan fingerprint density at radius 2 is 1.96 bits per heavy atom. The van der Waals surface area contributed by atoms with Gasteiger partial charge in [0.15, 0.2) is 17.5 Å². The lowest BCUT2D eigenvalue weighted by atomic mass is 10.1. The zero-order chi connectivity index (χ0) is 19.6. The lowest BCUT2D eigenvalue weighted by Gasteiger charge is -2.32. The number of carbonyl (C=O) groups is 1. The Bertz CT molecular complexity index is 649. The normalized spacial score (nSPS) is 14.7. The van der Waals surface area contributed by atoms with Gasteiger partial charge in [0.25, 0.3) is 0 Å². The van der Waals surface area contributed by atoms with Crippen molar-refractivity contribution < 1.29 is 19.0 Å². The summed E-state index contributed by atoms with van der Waals surface area (Å²) in [5.74, 6) is 2.19. The predicted molar refractivity (Wildman–Crippen MR) is 120 cm³/mol. The average molecular weight is 506 g/mol. The Morgan fingerprint density at radius 1 is 1.25 bits per heavy atom. The summed E-state index contributed by atoms with van der Waals surface area (Å²) in [6.45, 7) is 4.50. The number of rotatable bonds is 6. The fourth-order valence-electron chi connectivity index (χ4n) is 3.01. The molecule has 1 aliphatic rings. The molecular formula is C19H31IN4O4. The van der Waals surface area contributed by atoms with E-state index in [4.69, 9.17) is 14.2 Å². The summed E-state index contributed by atoms with van der Waals surface area (Å²) in [5, 5.41) is 6.74. The first-order valence-electron chi connectivity index (χ1n) is 9.21. The van der Waals surface area contributed by atoms with E-state index in [2.05, 4.69) is 15.6 Å². The molecule has 28 heavy (non-hydrogen) atoms. The summed E-state index contributed by atoms with van der Waals surface area (Å²) in [6, 6.07) is 6.14. The number of piperidine rings is 1. The van der Waals surface area contributed by atoms with Gasteiger partial charge < -0.3 is 29.7 Å². The molecule has 1 aromatic carbocycles. The van der Waals surface area contributed by atoms with Crippen molar-refractivity contribution in [2.75, 3.05) is 41.0 Å². The van der Waals surface area contributed by atoms with E-state index >= 15 is 0 Å². The van der Waals surface area contributed by atoms with E-state index in [1.54, 1.807) is 19.1 Å². The second-order valence-electron chi connectivity index (χ2n) is 6.22. The van der Waals surface area contributed by atoms with Gasteiger partial charge in [0.1, 0.15) is 0 Å². The number of amides is 1. The Morgan fingerprint density at radius 3 is 2.54 bits per heavy atom. The van der Waals surface area contributed by atoms with E-state index in [0.29, 0.717) is 26.2 Å². The molecule has 1 aliphatic heterocycles. The number of guanidine groups is 1. The maximum atomic E-state index is 11.6. The maximum absolute atomic E-state index is 11.6. The molecule has 0 aromatic heterocycles. The third-order valence-corrected chi connectivity index (χ3v) is 4.48. The maximum Gasteiger partial charge on any atom is 0.409 e. The second-order valence-corrected chi connectivity index (χ2v) is 6.22. The second kappa shape index (κ2) is 12.5. The van der Waals surface area contributed by atoms with Gasteiger partial charge in [-0.25, -0.2) is 4.79 Å². The van der Waals surface area contributed by atoms with Crippen molar-refractivity contribution in [1.29, 1.82) is 0 Å². The summed E-state index contributed by atoms with van der Waals surface area (Å²) < 4.78 is 15.7. The highest BCUT2D eigenvalue weighted by atomic mass is 127. The number of likely N-dealkylation sites (tertiary alicyclic amines) is 1. The Balaban J connectivity index is 0.00000392.